The third kappa shape index (κ3) is 7.47. The molecule has 1 rings (SSSR count). The van der Waals surface area contributed by atoms with Crippen molar-refractivity contribution in [3.8, 4) is 0 Å². The molecule has 1 N–H and O–H groups in total. The quantitative estimate of drug-likeness (QED) is 0.747. The van der Waals surface area contributed by atoms with Gasteiger partial charge in [-0.15, -0.1) is 0 Å². The maximum atomic E-state index is 4.59. The highest BCUT2D eigenvalue weighted by molar-refractivity contribution is 5.41. The maximum absolute atomic E-state index is 4.59. The lowest BCUT2D eigenvalue weighted by Crippen LogP contribution is -2.32. The van der Waals surface area contributed by atoms with Gasteiger partial charge in [0.15, 0.2) is 0 Å². The second-order valence-electron chi connectivity index (χ2n) is 7.24. The monoisotopic (exact) mass is 291 g/mol. The van der Waals surface area contributed by atoms with Crippen LogP contribution in [0.25, 0.3) is 0 Å². The molecule has 0 unspecified atom stereocenters. The molecule has 0 aliphatic carbocycles. The van der Waals surface area contributed by atoms with Crippen LogP contribution < -0.4 is 10.2 Å². The van der Waals surface area contributed by atoms with Crippen molar-refractivity contribution in [3.63, 3.8) is 0 Å². The number of anilines is 1. The molecular formula is C18H33N3. The largest absolute Gasteiger partial charge is 0.356 e. The predicted octanol–water partition coefficient (Wildman–Crippen LogP) is 3.95. The topological polar surface area (TPSA) is 28.2 Å². The van der Waals surface area contributed by atoms with Crippen molar-refractivity contribution in [2.45, 2.75) is 48.1 Å². The van der Waals surface area contributed by atoms with Crippen LogP contribution in [-0.4, -0.2) is 24.6 Å². The average molecular weight is 291 g/mol. The molecule has 0 aliphatic heterocycles. The fourth-order valence-corrected chi connectivity index (χ4v) is 2.39. The van der Waals surface area contributed by atoms with Gasteiger partial charge in [0.05, 0.1) is 0 Å². The van der Waals surface area contributed by atoms with Gasteiger partial charge < -0.3 is 10.2 Å². The average Bonchev–Trinajstić information content (AvgIpc) is 2.37. The molecule has 0 aliphatic rings. The number of nitrogens with one attached hydrogen (secondary N) is 1. The first kappa shape index (κ1) is 18.0. The summed E-state index contributed by atoms with van der Waals surface area (Å²) >= 11 is 0. The number of hydrogen-bond acceptors (Lipinski definition) is 3. The molecule has 1 aromatic rings. The summed E-state index contributed by atoms with van der Waals surface area (Å²) in [4.78, 5) is 7.01. The third-order valence-electron chi connectivity index (χ3n) is 3.19. The van der Waals surface area contributed by atoms with E-state index in [2.05, 4.69) is 68.9 Å². The molecule has 0 spiro atoms. The fraction of sp³-hybridized carbons (Fsp3) is 0.722. The van der Waals surface area contributed by atoms with Crippen LogP contribution in [0.15, 0.2) is 18.3 Å². The summed E-state index contributed by atoms with van der Waals surface area (Å²) in [6.07, 6.45) is 1.94. The Hall–Kier alpha value is -1.09. The first-order valence-electron chi connectivity index (χ1n) is 8.29. The van der Waals surface area contributed by atoms with Crippen LogP contribution in [0.4, 0.5) is 5.82 Å². The van der Waals surface area contributed by atoms with E-state index in [-0.39, 0.29) is 0 Å². The van der Waals surface area contributed by atoms with E-state index in [9.17, 15) is 0 Å². The molecule has 0 saturated carbocycles. The minimum Gasteiger partial charge on any atom is -0.356 e. The smallest absolute Gasteiger partial charge is 0.128 e. The summed E-state index contributed by atoms with van der Waals surface area (Å²) in [7, 11) is 0. The van der Waals surface area contributed by atoms with E-state index in [0.29, 0.717) is 17.8 Å². The molecule has 3 heteroatoms. The van der Waals surface area contributed by atoms with E-state index in [1.54, 1.807) is 0 Å². The van der Waals surface area contributed by atoms with Gasteiger partial charge >= 0.3 is 0 Å². The highest BCUT2D eigenvalue weighted by atomic mass is 15.2. The van der Waals surface area contributed by atoms with Gasteiger partial charge in [-0.05, 0) is 42.0 Å². The molecule has 21 heavy (non-hydrogen) atoms. The summed E-state index contributed by atoms with van der Waals surface area (Å²) in [6.45, 7) is 17.6. The number of nitrogens with zero attached hydrogens (tertiary/aromatic N) is 2. The lowest BCUT2D eigenvalue weighted by Gasteiger charge is -2.27. The van der Waals surface area contributed by atoms with Gasteiger partial charge in [-0.3, -0.25) is 0 Å². The second kappa shape index (κ2) is 9.04. The molecule has 0 amide bonds. The van der Waals surface area contributed by atoms with Crippen molar-refractivity contribution in [3.05, 3.63) is 23.9 Å². The summed E-state index contributed by atoms with van der Waals surface area (Å²) in [5.74, 6) is 3.09. The Bertz CT molecular complexity index is 389. The first-order chi connectivity index (χ1) is 9.88. The van der Waals surface area contributed by atoms with Crippen molar-refractivity contribution in [1.82, 2.24) is 10.3 Å². The fourth-order valence-electron chi connectivity index (χ4n) is 2.39. The molecule has 1 aromatic heterocycles. The number of hydrogen-bond donors (Lipinski definition) is 1. The van der Waals surface area contributed by atoms with Crippen LogP contribution in [0.1, 0.15) is 47.1 Å². The van der Waals surface area contributed by atoms with Crippen molar-refractivity contribution in [2.24, 2.45) is 17.8 Å². The van der Waals surface area contributed by atoms with Gasteiger partial charge in [-0.1, -0.05) is 41.5 Å². The SMILES string of the molecule is CC(C)CNCc1ccnc(N(CC(C)C)CC(C)C)c1. The van der Waals surface area contributed by atoms with Crippen LogP contribution in [0.3, 0.4) is 0 Å². The Labute approximate surface area is 131 Å². The highest BCUT2D eigenvalue weighted by Gasteiger charge is 2.12. The van der Waals surface area contributed by atoms with Crippen molar-refractivity contribution in [1.29, 1.82) is 0 Å². The Morgan fingerprint density at radius 3 is 2.14 bits per heavy atom. The van der Waals surface area contributed by atoms with Gasteiger partial charge in [-0.2, -0.15) is 0 Å². The number of pyridine rings is 1. The van der Waals surface area contributed by atoms with E-state index in [4.69, 9.17) is 0 Å². The number of rotatable bonds is 9. The summed E-state index contributed by atoms with van der Waals surface area (Å²) < 4.78 is 0. The Kier molecular flexibility index (Phi) is 7.73. The minimum absolute atomic E-state index is 0.647. The van der Waals surface area contributed by atoms with E-state index in [0.717, 1.165) is 32.0 Å². The number of aromatic nitrogens is 1. The molecule has 0 radical (unpaired) electrons. The zero-order chi connectivity index (χ0) is 15.8. The van der Waals surface area contributed by atoms with E-state index >= 15 is 0 Å². The van der Waals surface area contributed by atoms with E-state index in [1.165, 1.54) is 5.56 Å². The molecular weight excluding hydrogens is 258 g/mol. The summed E-state index contributed by atoms with van der Waals surface area (Å²) in [6, 6.07) is 4.35. The van der Waals surface area contributed by atoms with Crippen LogP contribution in [0.5, 0.6) is 0 Å². The molecule has 0 aromatic carbocycles. The van der Waals surface area contributed by atoms with E-state index < -0.39 is 0 Å². The first-order valence-corrected chi connectivity index (χ1v) is 8.29. The Balaban J connectivity index is 2.73. The molecule has 0 atom stereocenters. The highest BCUT2D eigenvalue weighted by Crippen LogP contribution is 2.16. The zero-order valence-corrected chi connectivity index (χ0v) is 14.7. The lowest BCUT2D eigenvalue weighted by molar-refractivity contribution is 0.545. The van der Waals surface area contributed by atoms with Crippen molar-refractivity contribution in [2.75, 3.05) is 24.5 Å². The lowest BCUT2D eigenvalue weighted by atomic mass is 10.1. The van der Waals surface area contributed by atoms with Gasteiger partial charge in [0.2, 0.25) is 0 Å². The Morgan fingerprint density at radius 2 is 1.62 bits per heavy atom. The van der Waals surface area contributed by atoms with Gasteiger partial charge in [0, 0.05) is 25.8 Å². The maximum Gasteiger partial charge on any atom is 0.128 e. The van der Waals surface area contributed by atoms with Gasteiger partial charge in [0.25, 0.3) is 0 Å². The minimum atomic E-state index is 0.647. The second-order valence-corrected chi connectivity index (χ2v) is 7.24. The summed E-state index contributed by atoms with van der Waals surface area (Å²) in [5.41, 5.74) is 1.32. The normalized spacial score (nSPS) is 11.7. The van der Waals surface area contributed by atoms with Crippen LogP contribution >= 0.6 is 0 Å². The van der Waals surface area contributed by atoms with Gasteiger partial charge in [-0.25, -0.2) is 4.98 Å². The third-order valence-corrected chi connectivity index (χ3v) is 3.19. The standard InChI is InChI=1S/C18H33N3/c1-14(2)10-19-11-17-7-8-20-18(9-17)21(12-15(3)4)13-16(5)6/h7-9,14-16,19H,10-13H2,1-6H3. The molecule has 0 saturated heterocycles. The molecule has 0 fully saturated rings. The van der Waals surface area contributed by atoms with Crippen LogP contribution in [-0.2, 0) is 6.54 Å². The zero-order valence-electron chi connectivity index (χ0n) is 14.7. The predicted molar refractivity (Wildman–Crippen MR) is 92.7 cm³/mol. The van der Waals surface area contributed by atoms with E-state index in [1.807, 2.05) is 6.20 Å². The van der Waals surface area contributed by atoms with Crippen molar-refractivity contribution < 1.29 is 0 Å². The van der Waals surface area contributed by atoms with Crippen LogP contribution in [0.2, 0.25) is 0 Å². The van der Waals surface area contributed by atoms with Crippen LogP contribution in [0, 0.1) is 17.8 Å². The Morgan fingerprint density at radius 1 is 1.00 bits per heavy atom. The molecule has 0 bridgehead atoms. The van der Waals surface area contributed by atoms with Gasteiger partial charge in [0.1, 0.15) is 5.82 Å². The van der Waals surface area contributed by atoms with Crippen molar-refractivity contribution >= 4 is 5.82 Å². The molecule has 3 nitrogen and oxygen atoms in total. The molecule has 1 heterocycles. The summed E-state index contributed by atoms with van der Waals surface area (Å²) in [5, 5.41) is 3.50. The molecule has 120 valence electrons.